The van der Waals surface area contributed by atoms with Gasteiger partial charge in [-0.3, -0.25) is 24.0 Å². The molecule has 9 nitrogen and oxygen atoms in total. The Kier molecular flexibility index (Phi) is 7.97. The Hall–Kier alpha value is -3.14. The Balaban J connectivity index is 1.91. The Labute approximate surface area is 239 Å². The summed E-state index contributed by atoms with van der Waals surface area (Å²) in [4.78, 5) is 63.1. The first-order valence-corrected chi connectivity index (χ1v) is 14.2. The summed E-state index contributed by atoms with van der Waals surface area (Å²) in [6.45, 7) is 8.62. The first-order chi connectivity index (χ1) is 19.1. The molecule has 0 aromatic carbocycles. The van der Waals surface area contributed by atoms with Crippen LogP contribution in [0.15, 0.2) is 35.6 Å². The molecule has 8 atom stereocenters. The lowest BCUT2D eigenvalue weighted by Crippen LogP contribution is -2.69. The van der Waals surface area contributed by atoms with Gasteiger partial charge in [0.2, 0.25) is 5.78 Å². The molecule has 4 aliphatic carbocycles. The fourth-order valence-electron chi connectivity index (χ4n) is 8.02. The van der Waals surface area contributed by atoms with Crippen LogP contribution >= 0.6 is 0 Å². The van der Waals surface area contributed by atoms with Gasteiger partial charge in [0.1, 0.15) is 5.76 Å². The van der Waals surface area contributed by atoms with Gasteiger partial charge in [-0.15, -0.1) is 0 Å². The zero-order valence-corrected chi connectivity index (χ0v) is 24.5. The molecule has 0 spiro atoms. The number of ketones is 2. The molecule has 41 heavy (non-hydrogen) atoms. The van der Waals surface area contributed by atoms with Crippen molar-refractivity contribution in [2.75, 3.05) is 6.61 Å². The van der Waals surface area contributed by atoms with Crippen LogP contribution in [-0.2, 0) is 38.2 Å². The van der Waals surface area contributed by atoms with E-state index in [1.54, 1.807) is 20.8 Å². The molecule has 2 saturated carbocycles. The van der Waals surface area contributed by atoms with Crippen molar-refractivity contribution in [3.63, 3.8) is 0 Å². The first-order valence-electron chi connectivity index (χ1n) is 14.2. The zero-order valence-electron chi connectivity index (χ0n) is 24.5. The second kappa shape index (κ2) is 10.6. The number of hydrogen-bond acceptors (Lipinski definition) is 9. The maximum atomic E-state index is 17.7. The number of unbranched alkanes of at least 4 members (excludes halogenated alkanes) is 1. The van der Waals surface area contributed by atoms with Crippen molar-refractivity contribution in [2.45, 2.75) is 91.0 Å². The molecule has 0 saturated heterocycles. The Morgan fingerprint density at radius 3 is 2.44 bits per heavy atom. The maximum absolute atomic E-state index is 17.7. The summed E-state index contributed by atoms with van der Waals surface area (Å²) in [5, 5.41) is 11.7. The molecule has 0 amide bonds. The molecule has 224 valence electrons. The molecule has 0 bridgehead atoms. The number of hydrogen-bond donors (Lipinski definition) is 1. The third-order valence-corrected chi connectivity index (χ3v) is 9.89. The summed E-state index contributed by atoms with van der Waals surface area (Å²) in [5.74, 6) is -5.36. The Morgan fingerprint density at radius 1 is 1.15 bits per heavy atom. The second-order valence-electron chi connectivity index (χ2n) is 12.3. The van der Waals surface area contributed by atoms with Crippen LogP contribution in [-0.4, -0.2) is 58.6 Å². The number of rotatable bonds is 8. The van der Waals surface area contributed by atoms with Crippen LogP contribution in [0, 0.1) is 28.6 Å². The summed E-state index contributed by atoms with van der Waals surface area (Å²) in [6.07, 6.45) is 4.92. The van der Waals surface area contributed by atoms with E-state index in [9.17, 15) is 29.1 Å². The molecule has 0 radical (unpaired) electrons. The van der Waals surface area contributed by atoms with Crippen molar-refractivity contribution >= 4 is 29.5 Å². The number of carbonyl (C=O) groups excluding carboxylic acids is 5. The monoisotopic (exact) mass is 574 g/mol. The number of aliphatic hydroxyl groups is 1. The first kappa shape index (κ1) is 30.8. The highest BCUT2D eigenvalue weighted by Crippen LogP contribution is 2.71. The van der Waals surface area contributed by atoms with Crippen molar-refractivity contribution in [3.05, 3.63) is 35.6 Å². The lowest BCUT2D eigenvalue weighted by molar-refractivity contribution is -0.219. The largest absolute Gasteiger partial charge is 0.458 e. The molecular weight excluding hydrogens is 535 g/mol. The summed E-state index contributed by atoms with van der Waals surface area (Å²) in [7, 11) is 0. The van der Waals surface area contributed by atoms with Crippen LogP contribution in [0.1, 0.15) is 73.6 Å². The molecule has 0 aliphatic heterocycles. The van der Waals surface area contributed by atoms with Crippen LogP contribution in [0.5, 0.6) is 0 Å². The number of aliphatic hydroxyl groups excluding tert-OH is 1. The highest BCUT2D eigenvalue weighted by molar-refractivity contribution is 6.02. The fourth-order valence-corrected chi connectivity index (χ4v) is 8.02. The molecule has 0 unspecified atom stereocenters. The minimum Gasteiger partial charge on any atom is -0.458 e. The van der Waals surface area contributed by atoms with Gasteiger partial charge in [-0.1, -0.05) is 33.3 Å². The number of allylic oxidation sites excluding steroid dienone is 5. The minimum atomic E-state index is -2.36. The highest BCUT2D eigenvalue weighted by atomic mass is 19.1. The zero-order chi connectivity index (χ0) is 30.5. The normalized spacial score (nSPS) is 39.0. The van der Waals surface area contributed by atoms with Crippen LogP contribution in [0.2, 0.25) is 0 Å². The molecule has 0 heterocycles. The second-order valence-corrected chi connectivity index (χ2v) is 12.3. The van der Waals surface area contributed by atoms with E-state index >= 15 is 4.39 Å². The summed E-state index contributed by atoms with van der Waals surface area (Å²) < 4.78 is 34.4. The predicted molar refractivity (Wildman–Crippen MR) is 144 cm³/mol. The molecule has 10 heteroatoms. The summed E-state index contributed by atoms with van der Waals surface area (Å²) in [5.41, 5.74) is -6.85. The van der Waals surface area contributed by atoms with Gasteiger partial charge in [0.25, 0.3) is 0 Å². The molecule has 0 aromatic heterocycles. The number of halogens is 1. The fraction of sp³-hybridized carbons (Fsp3) is 0.645. The quantitative estimate of drug-likeness (QED) is 0.339. The number of fused-ring (bicyclic) bond motifs is 5. The van der Waals surface area contributed by atoms with Crippen molar-refractivity contribution < 1.29 is 47.7 Å². The number of alkyl halides is 1. The Morgan fingerprint density at radius 2 is 1.83 bits per heavy atom. The van der Waals surface area contributed by atoms with Crippen LogP contribution in [0.25, 0.3) is 0 Å². The third-order valence-electron chi connectivity index (χ3n) is 9.89. The van der Waals surface area contributed by atoms with E-state index in [0.717, 1.165) is 13.3 Å². The van der Waals surface area contributed by atoms with Gasteiger partial charge in [0.05, 0.1) is 11.5 Å². The van der Waals surface area contributed by atoms with E-state index in [4.69, 9.17) is 14.2 Å². The van der Waals surface area contributed by atoms with Gasteiger partial charge in [-0.05, 0) is 50.3 Å². The van der Waals surface area contributed by atoms with E-state index in [-0.39, 0.29) is 30.6 Å². The average Bonchev–Trinajstić information content (AvgIpc) is 3.10. The van der Waals surface area contributed by atoms with Crippen molar-refractivity contribution in [1.82, 2.24) is 0 Å². The highest BCUT2D eigenvalue weighted by Gasteiger charge is 2.77. The van der Waals surface area contributed by atoms with Crippen molar-refractivity contribution in [2.24, 2.45) is 28.6 Å². The number of ether oxygens (including phenoxy) is 3. The van der Waals surface area contributed by atoms with E-state index < -0.39 is 82.0 Å². The topological polar surface area (TPSA) is 133 Å². The molecular formula is C31H39FO9. The smallest absolute Gasteiger partial charge is 0.308 e. The van der Waals surface area contributed by atoms with Crippen molar-refractivity contribution in [1.29, 1.82) is 0 Å². The van der Waals surface area contributed by atoms with Gasteiger partial charge >= 0.3 is 17.9 Å². The van der Waals surface area contributed by atoms with Crippen LogP contribution in [0.4, 0.5) is 4.39 Å². The number of carbonyl (C=O) groups is 5. The summed E-state index contributed by atoms with van der Waals surface area (Å²) >= 11 is 0. The number of Topliss-reactive ketones (excluding diaryl/α,β-unsaturated/α-hetero) is 1. The van der Waals surface area contributed by atoms with Crippen LogP contribution in [0.3, 0.4) is 0 Å². The van der Waals surface area contributed by atoms with E-state index in [2.05, 4.69) is 0 Å². The van der Waals surface area contributed by atoms with Crippen LogP contribution < -0.4 is 0 Å². The maximum Gasteiger partial charge on any atom is 0.308 e. The molecule has 4 aliphatic rings. The van der Waals surface area contributed by atoms with E-state index in [1.165, 1.54) is 31.2 Å². The standard InChI is InChI=1S/C31H39FO9/c1-7-8-9-27(38)41-31(26(37)16-39-18(3)33)17(2)12-21-22-14-24(40-19(4)34)23-13-20(35)10-11-28(23,5)30(22,32)25(36)15-29(21,31)6/h10-11,13-14,17,21-22,25,36H,7-9,12,15-16H2,1-6H3/t17-,21+,22+,25+,28+,29+,30+,31-/m1/s1. The van der Waals surface area contributed by atoms with Gasteiger partial charge in [0.15, 0.2) is 23.7 Å². The van der Waals surface area contributed by atoms with Gasteiger partial charge in [-0.25, -0.2) is 4.39 Å². The molecule has 1 N–H and O–H groups in total. The molecule has 0 aromatic rings. The predicted octanol–water partition coefficient (Wildman–Crippen LogP) is 3.87. The molecule has 4 rings (SSSR count). The van der Waals surface area contributed by atoms with Gasteiger partial charge in [0, 0.05) is 43.1 Å². The van der Waals surface area contributed by atoms with E-state index in [1.807, 2.05) is 6.92 Å². The molecule has 2 fully saturated rings. The van der Waals surface area contributed by atoms with Crippen molar-refractivity contribution in [3.8, 4) is 0 Å². The number of esters is 3. The minimum absolute atomic E-state index is 0.0174. The summed E-state index contributed by atoms with van der Waals surface area (Å²) in [6, 6.07) is 0. The van der Waals surface area contributed by atoms with Gasteiger partial charge < -0.3 is 19.3 Å². The third kappa shape index (κ3) is 4.49. The lowest BCUT2D eigenvalue weighted by Gasteiger charge is -2.61. The average molecular weight is 575 g/mol. The van der Waals surface area contributed by atoms with Gasteiger partial charge in [-0.2, -0.15) is 0 Å². The SMILES string of the molecule is CCCCC(=O)O[C@@]1(C(=O)COC(C)=O)[C@H](C)C[C@H]2[C@@H]3C=C(OC(C)=O)C4=CC(=O)C=C[C@]4(C)[C@@]3(F)[C@@H](O)C[C@@]21C. The lowest BCUT2D eigenvalue weighted by atomic mass is 9.46. The Bertz CT molecular complexity index is 1270. The van der Waals surface area contributed by atoms with E-state index in [0.29, 0.717) is 6.42 Å².